The number of benzene rings is 2. The summed E-state index contributed by atoms with van der Waals surface area (Å²) >= 11 is 0. The van der Waals surface area contributed by atoms with Gasteiger partial charge in [-0.1, -0.05) is 24.3 Å². The van der Waals surface area contributed by atoms with E-state index in [1.807, 2.05) is 55.5 Å². The highest BCUT2D eigenvalue weighted by atomic mass is 16.1. The van der Waals surface area contributed by atoms with E-state index in [9.17, 15) is 4.79 Å². The van der Waals surface area contributed by atoms with E-state index < -0.39 is 0 Å². The van der Waals surface area contributed by atoms with Crippen LogP contribution in [-0.4, -0.2) is 25.5 Å². The van der Waals surface area contributed by atoms with Crippen molar-refractivity contribution in [2.75, 3.05) is 24.5 Å². The van der Waals surface area contributed by atoms with Crippen molar-refractivity contribution in [3.63, 3.8) is 0 Å². The molecule has 2 aromatic carbocycles. The molecule has 0 aromatic heterocycles. The number of nitriles is 2. The number of aryl methyl sites for hydroxylation is 1. The Morgan fingerprint density at radius 2 is 1.85 bits per heavy atom. The second-order valence-electron chi connectivity index (χ2n) is 6.02. The van der Waals surface area contributed by atoms with Gasteiger partial charge in [-0.15, -0.1) is 0 Å². The number of likely N-dealkylation sites (N-methyl/N-ethyl adjacent to an activating group) is 1. The topological polar surface area (TPSA) is 79.9 Å². The molecule has 0 aliphatic heterocycles. The van der Waals surface area contributed by atoms with Crippen molar-refractivity contribution in [3.05, 3.63) is 70.8 Å². The summed E-state index contributed by atoms with van der Waals surface area (Å²) in [5.41, 5.74) is 3.62. The van der Waals surface area contributed by atoms with Crippen LogP contribution in [0, 0.1) is 29.6 Å². The quantitative estimate of drug-likeness (QED) is 0.766. The van der Waals surface area contributed by atoms with Gasteiger partial charge in [0, 0.05) is 30.9 Å². The number of nitrogens with one attached hydrogen (secondary N) is 1. The summed E-state index contributed by atoms with van der Waals surface area (Å²) in [7, 11) is 0. The number of carbonyl (C=O) groups is 1. The van der Waals surface area contributed by atoms with Gasteiger partial charge in [-0.2, -0.15) is 10.5 Å². The number of carbonyl (C=O) groups excluding carboxylic acids is 1. The molecule has 0 aliphatic carbocycles. The molecule has 0 heterocycles. The average Bonchev–Trinajstić information content (AvgIpc) is 2.71. The number of anilines is 1. The Labute approximate surface area is 160 Å². The molecule has 5 heteroatoms. The Hall–Kier alpha value is -3.57. The van der Waals surface area contributed by atoms with Crippen molar-refractivity contribution in [1.29, 1.82) is 10.5 Å². The van der Waals surface area contributed by atoms with Crippen LogP contribution < -0.4 is 10.2 Å². The van der Waals surface area contributed by atoms with Crippen LogP contribution in [0.25, 0.3) is 6.08 Å². The fourth-order valence-electron chi connectivity index (χ4n) is 2.73. The van der Waals surface area contributed by atoms with Gasteiger partial charge in [-0.05, 0) is 55.3 Å². The highest BCUT2D eigenvalue weighted by Gasteiger charge is 2.08. The fraction of sp³-hybridized carbons (Fsp3) is 0.227. The van der Waals surface area contributed by atoms with E-state index in [4.69, 9.17) is 10.5 Å². The highest BCUT2D eigenvalue weighted by molar-refractivity contribution is 5.94. The first-order chi connectivity index (χ1) is 13.1. The summed E-state index contributed by atoms with van der Waals surface area (Å²) in [6.07, 6.45) is 1.59. The molecule has 0 aliphatic rings. The van der Waals surface area contributed by atoms with E-state index in [1.54, 1.807) is 18.2 Å². The van der Waals surface area contributed by atoms with Crippen molar-refractivity contribution in [2.45, 2.75) is 13.8 Å². The van der Waals surface area contributed by atoms with Gasteiger partial charge in [0.2, 0.25) is 0 Å². The van der Waals surface area contributed by atoms with E-state index in [0.29, 0.717) is 18.7 Å². The molecule has 27 heavy (non-hydrogen) atoms. The molecule has 5 nitrogen and oxygen atoms in total. The first kappa shape index (κ1) is 19.8. The molecule has 0 unspecified atom stereocenters. The molecule has 0 saturated carbocycles. The predicted octanol–water partition coefficient (Wildman–Crippen LogP) is 3.68. The molecule has 1 amide bonds. The number of hydrogen-bond donors (Lipinski definition) is 1. The van der Waals surface area contributed by atoms with Crippen LogP contribution in [-0.2, 0) is 0 Å². The van der Waals surface area contributed by atoms with Crippen LogP contribution in [0.2, 0.25) is 0 Å². The minimum Gasteiger partial charge on any atom is -0.370 e. The summed E-state index contributed by atoms with van der Waals surface area (Å²) in [5, 5.41) is 20.7. The molecule has 0 radical (unpaired) electrons. The molecule has 136 valence electrons. The third kappa shape index (κ3) is 5.45. The van der Waals surface area contributed by atoms with Gasteiger partial charge in [0.25, 0.3) is 5.91 Å². The molecule has 0 spiro atoms. The van der Waals surface area contributed by atoms with Crippen molar-refractivity contribution >= 4 is 17.7 Å². The Morgan fingerprint density at radius 1 is 1.15 bits per heavy atom. The maximum absolute atomic E-state index is 12.1. The smallest absolute Gasteiger partial charge is 0.251 e. The van der Waals surface area contributed by atoms with Gasteiger partial charge < -0.3 is 10.2 Å². The first-order valence-corrected chi connectivity index (χ1v) is 8.79. The number of amides is 1. The lowest BCUT2D eigenvalue weighted by Crippen LogP contribution is -2.35. The van der Waals surface area contributed by atoms with Crippen LogP contribution in [0.4, 0.5) is 5.69 Å². The molecule has 0 atom stereocenters. The van der Waals surface area contributed by atoms with Crippen LogP contribution in [0.5, 0.6) is 0 Å². The normalized spacial score (nSPS) is 9.63. The first-order valence-electron chi connectivity index (χ1n) is 8.79. The third-order valence-corrected chi connectivity index (χ3v) is 4.24. The molecule has 0 bridgehead atoms. The summed E-state index contributed by atoms with van der Waals surface area (Å²) < 4.78 is 0. The average molecular weight is 358 g/mol. The highest BCUT2D eigenvalue weighted by Crippen LogP contribution is 2.21. The third-order valence-electron chi connectivity index (χ3n) is 4.24. The van der Waals surface area contributed by atoms with E-state index in [-0.39, 0.29) is 11.5 Å². The van der Waals surface area contributed by atoms with Crippen LogP contribution in [0.15, 0.2) is 54.1 Å². The lowest BCUT2D eigenvalue weighted by atomic mass is 10.0. The monoisotopic (exact) mass is 358 g/mol. The fourth-order valence-corrected chi connectivity index (χ4v) is 2.73. The standard InChI is InChI=1S/C22H22N4O/c1-3-26(12-11-25-22(27)19-7-5-4-6-8-19)21-10-9-20(17(2)13-21)14-18(15-23)16-24/h4-10,13-14H,3,11-12H2,1-2H3,(H,25,27). The Balaban J connectivity index is 2.02. The second kappa shape index (κ2) is 9.79. The molecule has 0 fully saturated rings. The summed E-state index contributed by atoms with van der Waals surface area (Å²) in [5.74, 6) is -0.0798. The maximum atomic E-state index is 12.1. The Morgan fingerprint density at radius 3 is 2.44 bits per heavy atom. The van der Waals surface area contributed by atoms with E-state index in [0.717, 1.165) is 23.4 Å². The van der Waals surface area contributed by atoms with Gasteiger partial charge in [0.05, 0.1) is 0 Å². The van der Waals surface area contributed by atoms with Crippen molar-refractivity contribution in [3.8, 4) is 12.1 Å². The Bertz CT molecular complexity index is 888. The van der Waals surface area contributed by atoms with Crippen LogP contribution in [0.3, 0.4) is 0 Å². The number of nitrogens with zero attached hydrogens (tertiary/aromatic N) is 3. The van der Waals surface area contributed by atoms with Gasteiger partial charge >= 0.3 is 0 Å². The van der Waals surface area contributed by atoms with Crippen molar-refractivity contribution in [1.82, 2.24) is 5.32 Å². The number of hydrogen-bond acceptors (Lipinski definition) is 4. The molecular formula is C22H22N4O. The largest absolute Gasteiger partial charge is 0.370 e. The van der Waals surface area contributed by atoms with E-state index in [1.165, 1.54) is 0 Å². The van der Waals surface area contributed by atoms with Crippen molar-refractivity contribution in [2.24, 2.45) is 0 Å². The van der Waals surface area contributed by atoms with Gasteiger partial charge in [0.1, 0.15) is 17.7 Å². The molecule has 1 N–H and O–H groups in total. The summed E-state index contributed by atoms with van der Waals surface area (Å²) in [4.78, 5) is 14.3. The Kier molecular flexibility index (Phi) is 7.16. The zero-order valence-electron chi connectivity index (χ0n) is 15.6. The zero-order valence-corrected chi connectivity index (χ0v) is 15.6. The minimum atomic E-state index is -0.0798. The van der Waals surface area contributed by atoms with Gasteiger partial charge in [-0.25, -0.2) is 0 Å². The van der Waals surface area contributed by atoms with Crippen LogP contribution >= 0.6 is 0 Å². The van der Waals surface area contributed by atoms with E-state index in [2.05, 4.69) is 17.1 Å². The maximum Gasteiger partial charge on any atom is 0.251 e. The second-order valence-corrected chi connectivity index (χ2v) is 6.02. The molecule has 2 aromatic rings. The number of allylic oxidation sites excluding steroid dienone is 1. The van der Waals surface area contributed by atoms with Gasteiger partial charge in [-0.3, -0.25) is 4.79 Å². The van der Waals surface area contributed by atoms with Crippen LogP contribution in [0.1, 0.15) is 28.4 Å². The summed E-state index contributed by atoms with van der Waals surface area (Å²) in [6.45, 7) is 6.04. The molecule has 0 saturated heterocycles. The predicted molar refractivity (Wildman–Crippen MR) is 107 cm³/mol. The van der Waals surface area contributed by atoms with E-state index >= 15 is 0 Å². The molecule has 2 rings (SSSR count). The van der Waals surface area contributed by atoms with Gasteiger partial charge in [0.15, 0.2) is 0 Å². The van der Waals surface area contributed by atoms with Crippen molar-refractivity contribution < 1.29 is 4.79 Å². The minimum absolute atomic E-state index is 0.0798. The lowest BCUT2D eigenvalue weighted by molar-refractivity contribution is 0.0954. The molecular weight excluding hydrogens is 336 g/mol. The number of rotatable bonds is 7. The zero-order chi connectivity index (χ0) is 19.6. The SMILES string of the molecule is CCN(CCNC(=O)c1ccccc1)c1ccc(C=C(C#N)C#N)c(C)c1. The lowest BCUT2D eigenvalue weighted by Gasteiger charge is -2.24. The summed E-state index contributed by atoms with van der Waals surface area (Å²) in [6, 6.07) is 18.8.